The standard InChI is InChI=1S/C19H21N3O2S/c1-6-16-17(13(5)22-24-16)18(23)21-19-20-15(9-25-19)14-8-11(3)10(2)7-12(14)4/h7-9H,6H2,1-5H3,(H,20,21,23). The summed E-state index contributed by atoms with van der Waals surface area (Å²) in [5, 5.41) is 9.28. The van der Waals surface area contributed by atoms with E-state index in [0.29, 0.717) is 28.6 Å². The van der Waals surface area contributed by atoms with Crippen LogP contribution in [0.15, 0.2) is 22.0 Å². The van der Waals surface area contributed by atoms with Gasteiger partial charge in [-0.15, -0.1) is 11.3 Å². The van der Waals surface area contributed by atoms with Crippen LogP contribution in [0.3, 0.4) is 0 Å². The summed E-state index contributed by atoms with van der Waals surface area (Å²) in [6.45, 7) is 9.97. The van der Waals surface area contributed by atoms with E-state index in [-0.39, 0.29) is 5.91 Å². The molecule has 0 saturated heterocycles. The lowest BCUT2D eigenvalue weighted by molar-refractivity contribution is 0.102. The number of rotatable bonds is 4. The van der Waals surface area contributed by atoms with Crippen LogP contribution in [0.4, 0.5) is 5.13 Å². The molecule has 5 nitrogen and oxygen atoms in total. The summed E-state index contributed by atoms with van der Waals surface area (Å²) >= 11 is 1.41. The Morgan fingerprint density at radius 2 is 1.88 bits per heavy atom. The molecule has 0 fully saturated rings. The van der Waals surface area contributed by atoms with E-state index in [1.165, 1.54) is 28.0 Å². The Bertz CT molecular complexity index is 940. The monoisotopic (exact) mass is 355 g/mol. The number of aromatic nitrogens is 2. The summed E-state index contributed by atoms with van der Waals surface area (Å²) < 4.78 is 5.19. The van der Waals surface area contributed by atoms with Crippen molar-refractivity contribution in [3.8, 4) is 11.3 Å². The summed E-state index contributed by atoms with van der Waals surface area (Å²) in [4.78, 5) is 17.1. The van der Waals surface area contributed by atoms with Gasteiger partial charge in [0.05, 0.1) is 11.4 Å². The third kappa shape index (κ3) is 3.35. The number of amides is 1. The molecule has 6 heteroatoms. The van der Waals surface area contributed by atoms with E-state index in [0.717, 1.165) is 11.3 Å². The predicted octanol–water partition coefficient (Wildman–Crippen LogP) is 4.85. The fraction of sp³-hybridized carbons (Fsp3) is 0.316. The zero-order valence-corrected chi connectivity index (χ0v) is 15.9. The van der Waals surface area contributed by atoms with Gasteiger partial charge in [-0.05, 0) is 50.5 Å². The molecule has 1 aromatic carbocycles. The van der Waals surface area contributed by atoms with Crippen LogP contribution in [-0.2, 0) is 6.42 Å². The van der Waals surface area contributed by atoms with E-state index >= 15 is 0 Å². The highest BCUT2D eigenvalue weighted by Crippen LogP contribution is 2.30. The number of anilines is 1. The van der Waals surface area contributed by atoms with E-state index in [1.807, 2.05) is 12.3 Å². The molecule has 2 aromatic heterocycles. The van der Waals surface area contributed by atoms with E-state index < -0.39 is 0 Å². The molecule has 0 atom stereocenters. The first-order valence-corrected chi connectivity index (χ1v) is 9.09. The van der Waals surface area contributed by atoms with Gasteiger partial charge in [-0.3, -0.25) is 10.1 Å². The lowest BCUT2D eigenvalue weighted by Crippen LogP contribution is -2.14. The number of nitrogens with zero attached hydrogens (tertiary/aromatic N) is 2. The third-order valence-corrected chi connectivity index (χ3v) is 5.08. The maximum Gasteiger partial charge on any atom is 0.262 e. The lowest BCUT2D eigenvalue weighted by Gasteiger charge is -2.07. The van der Waals surface area contributed by atoms with Crippen LogP contribution >= 0.6 is 11.3 Å². The molecule has 0 unspecified atom stereocenters. The van der Waals surface area contributed by atoms with Crippen LogP contribution in [0.1, 0.15) is 45.4 Å². The second-order valence-corrected chi connectivity index (χ2v) is 7.02. The molecule has 0 spiro atoms. The average Bonchev–Trinajstić information content (AvgIpc) is 3.17. The topological polar surface area (TPSA) is 68.0 Å². The van der Waals surface area contributed by atoms with Gasteiger partial charge in [0.15, 0.2) is 5.13 Å². The predicted molar refractivity (Wildman–Crippen MR) is 100 cm³/mol. The Labute approximate surface area is 151 Å². The molecule has 130 valence electrons. The number of aryl methyl sites for hydroxylation is 5. The Balaban J connectivity index is 1.86. The second kappa shape index (κ2) is 6.80. The molecule has 0 aliphatic rings. The number of benzene rings is 1. The van der Waals surface area contributed by atoms with Crippen LogP contribution in [0.25, 0.3) is 11.3 Å². The van der Waals surface area contributed by atoms with Crippen molar-refractivity contribution in [2.45, 2.75) is 41.0 Å². The molecule has 0 radical (unpaired) electrons. The fourth-order valence-electron chi connectivity index (χ4n) is 2.80. The Morgan fingerprint density at radius 1 is 1.16 bits per heavy atom. The first kappa shape index (κ1) is 17.4. The number of hydrogen-bond donors (Lipinski definition) is 1. The number of carbonyl (C=O) groups is 1. The van der Waals surface area contributed by atoms with Gasteiger partial charge in [0.1, 0.15) is 11.3 Å². The molecule has 3 aromatic rings. The molecule has 0 bridgehead atoms. The molecule has 25 heavy (non-hydrogen) atoms. The van der Waals surface area contributed by atoms with Crippen molar-refractivity contribution >= 4 is 22.4 Å². The van der Waals surface area contributed by atoms with Crippen molar-refractivity contribution in [3.63, 3.8) is 0 Å². The molecule has 2 heterocycles. The Hall–Kier alpha value is -2.47. The SMILES string of the molecule is CCc1onc(C)c1C(=O)Nc1nc(-c2cc(C)c(C)cc2C)cs1. The number of carbonyl (C=O) groups excluding carboxylic acids is 1. The summed E-state index contributed by atoms with van der Waals surface area (Å²) in [6, 6.07) is 4.31. The first-order chi connectivity index (χ1) is 11.9. The summed E-state index contributed by atoms with van der Waals surface area (Å²) in [7, 11) is 0. The van der Waals surface area contributed by atoms with E-state index in [9.17, 15) is 4.79 Å². The summed E-state index contributed by atoms with van der Waals surface area (Å²) in [5.41, 5.74) is 6.73. The van der Waals surface area contributed by atoms with Crippen molar-refractivity contribution < 1.29 is 9.32 Å². The van der Waals surface area contributed by atoms with Gasteiger partial charge in [0.2, 0.25) is 0 Å². The lowest BCUT2D eigenvalue weighted by atomic mass is 9.99. The fourth-order valence-corrected chi connectivity index (χ4v) is 3.51. The number of hydrogen-bond acceptors (Lipinski definition) is 5. The van der Waals surface area contributed by atoms with Crippen molar-refractivity contribution in [1.82, 2.24) is 10.1 Å². The van der Waals surface area contributed by atoms with Crippen molar-refractivity contribution in [2.75, 3.05) is 5.32 Å². The average molecular weight is 355 g/mol. The van der Waals surface area contributed by atoms with E-state index in [2.05, 4.69) is 48.4 Å². The smallest absolute Gasteiger partial charge is 0.262 e. The van der Waals surface area contributed by atoms with Crippen LogP contribution in [0.2, 0.25) is 0 Å². The molecule has 1 N–H and O–H groups in total. The van der Waals surface area contributed by atoms with Crippen molar-refractivity contribution in [1.29, 1.82) is 0 Å². The Kier molecular flexibility index (Phi) is 4.72. The van der Waals surface area contributed by atoms with Gasteiger partial charge in [-0.25, -0.2) is 4.98 Å². The molecule has 3 rings (SSSR count). The summed E-state index contributed by atoms with van der Waals surface area (Å²) in [5.74, 6) is 0.366. The minimum atomic E-state index is -0.228. The van der Waals surface area contributed by atoms with Gasteiger partial charge in [-0.2, -0.15) is 0 Å². The molecular formula is C19H21N3O2S. The van der Waals surface area contributed by atoms with Gasteiger partial charge in [0.25, 0.3) is 5.91 Å². The zero-order chi connectivity index (χ0) is 18.1. The first-order valence-electron chi connectivity index (χ1n) is 8.21. The molecular weight excluding hydrogens is 334 g/mol. The number of nitrogens with one attached hydrogen (secondary N) is 1. The van der Waals surface area contributed by atoms with Crippen LogP contribution in [0.5, 0.6) is 0 Å². The second-order valence-electron chi connectivity index (χ2n) is 6.16. The van der Waals surface area contributed by atoms with Crippen LogP contribution in [0, 0.1) is 27.7 Å². The largest absolute Gasteiger partial charge is 0.360 e. The van der Waals surface area contributed by atoms with Gasteiger partial charge >= 0.3 is 0 Å². The zero-order valence-electron chi connectivity index (χ0n) is 15.1. The molecule has 0 aliphatic carbocycles. The molecule has 0 aliphatic heterocycles. The highest BCUT2D eigenvalue weighted by molar-refractivity contribution is 7.14. The van der Waals surface area contributed by atoms with Crippen molar-refractivity contribution in [3.05, 3.63) is 51.2 Å². The number of thiazole rings is 1. The normalized spacial score (nSPS) is 10.9. The van der Waals surface area contributed by atoms with E-state index in [1.54, 1.807) is 6.92 Å². The van der Waals surface area contributed by atoms with Gasteiger partial charge < -0.3 is 4.52 Å². The molecule has 1 amide bonds. The maximum atomic E-state index is 12.5. The van der Waals surface area contributed by atoms with Gasteiger partial charge in [0, 0.05) is 17.4 Å². The van der Waals surface area contributed by atoms with Gasteiger partial charge in [-0.1, -0.05) is 18.1 Å². The quantitative estimate of drug-likeness (QED) is 0.726. The molecule has 0 saturated carbocycles. The highest BCUT2D eigenvalue weighted by atomic mass is 32.1. The van der Waals surface area contributed by atoms with Crippen LogP contribution in [-0.4, -0.2) is 16.0 Å². The minimum Gasteiger partial charge on any atom is -0.360 e. The third-order valence-electron chi connectivity index (χ3n) is 4.32. The Morgan fingerprint density at radius 3 is 2.60 bits per heavy atom. The highest BCUT2D eigenvalue weighted by Gasteiger charge is 2.20. The summed E-state index contributed by atoms with van der Waals surface area (Å²) in [6.07, 6.45) is 0.620. The van der Waals surface area contributed by atoms with Crippen LogP contribution < -0.4 is 5.32 Å². The minimum absolute atomic E-state index is 0.228. The maximum absolute atomic E-state index is 12.5. The van der Waals surface area contributed by atoms with E-state index in [4.69, 9.17) is 4.52 Å². The van der Waals surface area contributed by atoms with Crippen molar-refractivity contribution in [2.24, 2.45) is 0 Å².